The summed E-state index contributed by atoms with van der Waals surface area (Å²) in [7, 11) is 0. The Labute approximate surface area is 134 Å². The number of thiol groups is 2. The van der Waals surface area contributed by atoms with Gasteiger partial charge in [-0.3, -0.25) is 0 Å². The molecule has 0 aliphatic heterocycles. The van der Waals surface area contributed by atoms with Gasteiger partial charge in [0, 0.05) is 9.79 Å². The second-order valence-electron chi connectivity index (χ2n) is 4.81. The van der Waals surface area contributed by atoms with Crippen molar-refractivity contribution < 1.29 is 0 Å². The Morgan fingerprint density at radius 1 is 0.700 bits per heavy atom. The van der Waals surface area contributed by atoms with Crippen LogP contribution < -0.4 is 0 Å². The molecule has 0 saturated heterocycles. The number of aryl methyl sites for hydroxylation is 1. The van der Waals surface area contributed by atoms with E-state index >= 15 is 0 Å². The summed E-state index contributed by atoms with van der Waals surface area (Å²) in [5.74, 6) is 0. The summed E-state index contributed by atoms with van der Waals surface area (Å²) in [6.45, 7) is 2.25. The van der Waals surface area contributed by atoms with E-state index in [1.165, 1.54) is 37.7 Å². The molecule has 0 radical (unpaired) electrons. The van der Waals surface area contributed by atoms with Crippen molar-refractivity contribution in [2.75, 3.05) is 0 Å². The lowest BCUT2D eigenvalue weighted by Gasteiger charge is -2.00. The van der Waals surface area contributed by atoms with E-state index in [4.69, 9.17) is 0 Å². The van der Waals surface area contributed by atoms with Gasteiger partial charge in [-0.1, -0.05) is 56.5 Å². The molecule has 0 heterocycles. The minimum atomic E-state index is 1.02. The molecule has 0 aliphatic carbocycles. The predicted molar refractivity (Wildman–Crippen MR) is 95.2 cm³/mol. The molecule has 0 bridgehead atoms. The van der Waals surface area contributed by atoms with Gasteiger partial charge in [-0.2, -0.15) is 0 Å². The lowest BCUT2D eigenvalue weighted by Crippen LogP contribution is -1.84. The molecule has 0 spiro atoms. The van der Waals surface area contributed by atoms with Gasteiger partial charge in [-0.05, 0) is 42.7 Å². The number of unbranched alkanes of at least 4 members (excludes halogenated alkanes) is 3. The normalized spacial score (nSPS) is 9.75. The molecule has 108 valence electrons. The summed E-state index contributed by atoms with van der Waals surface area (Å²) in [5.41, 5.74) is 1.44. The van der Waals surface area contributed by atoms with Crippen molar-refractivity contribution in [3.05, 3.63) is 60.2 Å². The fourth-order valence-electron chi connectivity index (χ4n) is 1.85. The number of rotatable bonds is 5. The van der Waals surface area contributed by atoms with Gasteiger partial charge in [-0.25, -0.2) is 0 Å². The number of hydrogen-bond acceptors (Lipinski definition) is 2. The number of benzene rings is 2. The van der Waals surface area contributed by atoms with Gasteiger partial charge < -0.3 is 0 Å². The van der Waals surface area contributed by atoms with Crippen LogP contribution in [0.3, 0.4) is 0 Å². The van der Waals surface area contributed by atoms with Gasteiger partial charge >= 0.3 is 0 Å². The maximum absolute atomic E-state index is 4.26. The molecular formula is C18H24S2. The molecule has 2 aromatic carbocycles. The van der Waals surface area contributed by atoms with Crippen molar-refractivity contribution in [2.24, 2.45) is 0 Å². The highest BCUT2D eigenvalue weighted by atomic mass is 32.1. The second-order valence-corrected chi connectivity index (χ2v) is 5.85. The molecule has 2 aromatic rings. The molecule has 0 aromatic heterocycles. The first-order valence-corrected chi connectivity index (χ1v) is 8.13. The Morgan fingerprint density at radius 3 is 1.80 bits per heavy atom. The SMILES string of the molecule is CCCCCCc1ccc(S)cc1.Sc1ccccc1. The van der Waals surface area contributed by atoms with Crippen LogP contribution in [0.25, 0.3) is 0 Å². The van der Waals surface area contributed by atoms with E-state index in [1.54, 1.807) is 0 Å². The minimum Gasteiger partial charge on any atom is -0.143 e. The minimum absolute atomic E-state index is 1.02. The van der Waals surface area contributed by atoms with E-state index in [0.29, 0.717) is 0 Å². The van der Waals surface area contributed by atoms with Crippen LogP contribution in [0.5, 0.6) is 0 Å². The molecule has 2 rings (SSSR count). The van der Waals surface area contributed by atoms with Crippen LogP contribution >= 0.6 is 25.3 Å². The Morgan fingerprint density at radius 2 is 1.30 bits per heavy atom. The van der Waals surface area contributed by atoms with Crippen LogP contribution in [0, 0.1) is 0 Å². The largest absolute Gasteiger partial charge is 0.143 e. The lowest BCUT2D eigenvalue weighted by molar-refractivity contribution is 0.667. The topological polar surface area (TPSA) is 0 Å². The highest BCUT2D eigenvalue weighted by Gasteiger charge is 1.92. The van der Waals surface area contributed by atoms with Crippen molar-refractivity contribution in [2.45, 2.75) is 48.8 Å². The van der Waals surface area contributed by atoms with Gasteiger partial charge in [0.1, 0.15) is 0 Å². The second kappa shape index (κ2) is 10.9. The summed E-state index contributed by atoms with van der Waals surface area (Å²) in [5, 5.41) is 0. The van der Waals surface area contributed by atoms with Gasteiger partial charge in [0.25, 0.3) is 0 Å². The Balaban J connectivity index is 0.000000240. The van der Waals surface area contributed by atoms with E-state index in [0.717, 1.165) is 9.79 Å². The zero-order valence-corrected chi connectivity index (χ0v) is 13.9. The third kappa shape index (κ3) is 8.34. The van der Waals surface area contributed by atoms with Gasteiger partial charge in [0.2, 0.25) is 0 Å². The zero-order chi connectivity index (χ0) is 14.6. The standard InChI is InChI=1S/C12H18S.C6H6S/c1-2-3-4-5-6-11-7-9-12(13)10-8-11;7-6-4-2-1-3-5-6/h7-10,13H,2-6H2,1H3;1-5,7H. The fourth-order valence-corrected chi connectivity index (χ4v) is 2.17. The van der Waals surface area contributed by atoms with E-state index in [-0.39, 0.29) is 0 Å². The molecule has 0 atom stereocenters. The van der Waals surface area contributed by atoms with E-state index in [1.807, 2.05) is 30.3 Å². The summed E-state index contributed by atoms with van der Waals surface area (Å²) in [6.07, 6.45) is 6.58. The van der Waals surface area contributed by atoms with Crippen molar-refractivity contribution in [1.29, 1.82) is 0 Å². The van der Waals surface area contributed by atoms with E-state index in [2.05, 4.69) is 56.4 Å². The number of hydrogen-bond donors (Lipinski definition) is 2. The van der Waals surface area contributed by atoms with Crippen LogP contribution in [-0.2, 0) is 6.42 Å². The molecule has 0 amide bonds. The monoisotopic (exact) mass is 304 g/mol. The highest BCUT2D eigenvalue weighted by molar-refractivity contribution is 7.80. The summed E-state index contributed by atoms with van der Waals surface area (Å²) in [4.78, 5) is 2.07. The molecular weight excluding hydrogens is 280 g/mol. The summed E-state index contributed by atoms with van der Waals surface area (Å²) < 4.78 is 0. The van der Waals surface area contributed by atoms with Gasteiger partial charge in [0.15, 0.2) is 0 Å². The summed E-state index contributed by atoms with van der Waals surface area (Å²) in [6, 6.07) is 18.3. The van der Waals surface area contributed by atoms with Crippen molar-refractivity contribution in [1.82, 2.24) is 0 Å². The third-order valence-corrected chi connectivity index (χ3v) is 3.61. The van der Waals surface area contributed by atoms with Crippen molar-refractivity contribution in [3.63, 3.8) is 0 Å². The molecule has 0 fully saturated rings. The molecule has 0 unspecified atom stereocenters. The first-order valence-electron chi connectivity index (χ1n) is 7.24. The molecule has 2 heteroatoms. The highest BCUT2D eigenvalue weighted by Crippen LogP contribution is 2.11. The average molecular weight is 305 g/mol. The van der Waals surface area contributed by atoms with Crippen molar-refractivity contribution >= 4 is 25.3 Å². The van der Waals surface area contributed by atoms with Crippen LogP contribution in [0.15, 0.2) is 64.4 Å². The molecule has 0 N–H and O–H groups in total. The first-order chi connectivity index (χ1) is 9.72. The van der Waals surface area contributed by atoms with Gasteiger partial charge in [-0.15, -0.1) is 25.3 Å². The molecule has 20 heavy (non-hydrogen) atoms. The first kappa shape index (κ1) is 17.2. The van der Waals surface area contributed by atoms with Crippen LogP contribution in [-0.4, -0.2) is 0 Å². The third-order valence-electron chi connectivity index (χ3n) is 3.01. The van der Waals surface area contributed by atoms with Crippen LogP contribution in [0.1, 0.15) is 38.2 Å². The molecule has 0 saturated carbocycles. The van der Waals surface area contributed by atoms with Crippen LogP contribution in [0.4, 0.5) is 0 Å². The maximum atomic E-state index is 4.26. The smallest absolute Gasteiger partial charge is 0.00401 e. The Bertz CT molecular complexity index is 449. The van der Waals surface area contributed by atoms with E-state index < -0.39 is 0 Å². The summed E-state index contributed by atoms with van der Waals surface area (Å²) >= 11 is 8.34. The van der Waals surface area contributed by atoms with Gasteiger partial charge in [0.05, 0.1) is 0 Å². The zero-order valence-electron chi connectivity index (χ0n) is 12.1. The lowest BCUT2D eigenvalue weighted by atomic mass is 10.1. The quantitative estimate of drug-likeness (QED) is 0.486. The maximum Gasteiger partial charge on any atom is 0.00401 e. The average Bonchev–Trinajstić information content (AvgIpc) is 2.47. The molecule has 0 aliphatic rings. The molecule has 0 nitrogen and oxygen atoms in total. The van der Waals surface area contributed by atoms with Crippen LogP contribution in [0.2, 0.25) is 0 Å². The Kier molecular flexibility index (Phi) is 9.35. The van der Waals surface area contributed by atoms with Crippen molar-refractivity contribution in [3.8, 4) is 0 Å². The van der Waals surface area contributed by atoms with E-state index in [9.17, 15) is 0 Å². The fraction of sp³-hybridized carbons (Fsp3) is 0.333. The predicted octanol–water partition coefficient (Wildman–Crippen LogP) is 6.07. The Hall–Kier alpha value is -0.860.